The molecule has 0 aliphatic heterocycles. The Balaban J connectivity index is 0.000000461. The lowest BCUT2D eigenvalue weighted by Crippen LogP contribution is -1.84. The van der Waals surface area contributed by atoms with E-state index in [9.17, 15) is 4.79 Å². The minimum atomic E-state index is -0.148. The molecule has 11 heavy (non-hydrogen) atoms. The Bertz CT molecular complexity index is 204. The maximum atomic E-state index is 10.0. The molecule has 1 aromatic rings. The van der Waals surface area contributed by atoms with Gasteiger partial charge >= 0.3 is 0 Å². The van der Waals surface area contributed by atoms with E-state index in [1.165, 1.54) is 6.26 Å². The molecule has 1 aromatic heterocycles. The van der Waals surface area contributed by atoms with E-state index in [1.54, 1.807) is 6.07 Å². The van der Waals surface area contributed by atoms with Gasteiger partial charge in [-0.3, -0.25) is 4.79 Å². The molecule has 0 spiro atoms. The molecule has 0 aliphatic carbocycles. The Morgan fingerprint density at radius 1 is 1.64 bits per heavy atom. The molecule has 0 fully saturated rings. The van der Waals surface area contributed by atoms with Crippen LogP contribution in [-0.2, 0) is 6.61 Å². The molecule has 1 rings (SSSR count). The van der Waals surface area contributed by atoms with Crippen LogP contribution in [0.25, 0.3) is 0 Å². The van der Waals surface area contributed by atoms with Gasteiger partial charge in [-0.1, -0.05) is 0 Å². The average molecular weight is 158 g/mol. The SMILES string of the molecule is CO.O=Cc1occc1CO. The number of hydrogen-bond donors (Lipinski definition) is 2. The lowest BCUT2D eigenvalue weighted by molar-refractivity contribution is 0.109. The second kappa shape index (κ2) is 5.64. The van der Waals surface area contributed by atoms with Gasteiger partial charge in [0.1, 0.15) is 0 Å². The Morgan fingerprint density at radius 3 is 2.64 bits per heavy atom. The first-order valence-electron chi connectivity index (χ1n) is 2.95. The third-order valence-corrected chi connectivity index (χ3v) is 1.06. The van der Waals surface area contributed by atoms with Gasteiger partial charge in [-0.2, -0.15) is 0 Å². The number of aliphatic hydroxyl groups excluding tert-OH is 2. The highest BCUT2D eigenvalue weighted by atomic mass is 16.3. The highest BCUT2D eigenvalue weighted by Crippen LogP contribution is 2.06. The monoisotopic (exact) mass is 158 g/mol. The number of carbonyl (C=O) groups is 1. The van der Waals surface area contributed by atoms with Crippen molar-refractivity contribution in [2.75, 3.05) is 7.11 Å². The lowest BCUT2D eigenvalue weighted by Gasteiger charge is -1.85. The fourth-order valence-corrected chi connectivity index (χ4v) is 0.581. The second-order valence-electron chi connectivity index (χ2n) is 1.59. The van der Waals surface area contributed by atoms with Crippen LogP contribution in [0.1, 0.15) is 16.1 Å². The number of carbonyl (C=O) groups excluding carboxylic acids is 1. The predicted octanol–water partition coefficient (Wildman–Crippen LogP) is 0.193. The first-order chi connectivity index (χ1) is 5.38. The first-order valence-corrected chi connectivity index (χ1v) is 2.95. The van der Waals surface area contributed by atoms with Crippen LogP contribution in [0.15, 0.2) is 16.7 Å². The van der Waals surface area contributed by atoms with E-state index >= 15 is 0 Å². The normalized spacial score (nSPS) is 8.27. The summed E-state index contributed by atoms with van der Waals surface area (Å²) in [6, 6.07) is 1.56. The molecular formula is C7H10O4. The molecule has 0 aromatic carbocycles. The van der Waals surface area contributed by atoms with Crippen molar-refractivity contribution in [1.82, 2.24) is 0 Å². The van der Waals surface area contributed by atoms with Crippen molar-refractivity contribution < 1.29 is 19.4 Å². The second-order valence-corrected chi connectivity index (χ2v) is 1.59. The van der Waals surface area contributed by atoms with E-state index in [0.717, 1.165) is 7.11 Å². The number of furan rings is 1. The average Bonchev–Trinajstić information content (AvgIpc) is 2.54. The van der Waals surface area contributed by atoms with Crippen LogP contribution in [0.4, 0.5) is 0 Å². The quantitative estimate of drug-likeness (QED) is 0.603. The topological polar surface area (TPSA) is 70.7 Å². The molecule has 62 valence electrons. The maximum Gasteiger partial charge on any atom is 0.185 e. The summed E-state index contributed by atoms with van der Waals surface area (Å²) in [6.45, 7) is -0.148. The van der Waals surface area contributed by atoms with Gasteiger partial charge in [0.25, 0.3) is 0 Å². The standard InChI is InChI=1S/C6H6O3.CH4O/c7-3-5-1-2-9-6(5)4-8;1-2/h1-2,4,7H,3H2;2H,1H3. The molecule has 0 atom stereocenters. The summed E-state index contributed by atoms with van der Waals surface area (Å²) in [5, 5.41) is 15.5. The summed E-state index contributed by atoms with van der Waals surface area (Å²) in [5.41, 5.74) is 0.532. The van der Waals surface area contributed by atoms with E-state index in [-0.39, 0.29) is 12.4 Å². The largest absolute Gasteiger partial charge is 0.461 e. The van der Waals surface area contributed by atoms with E-state index in [4.69, 9.17) is 10.2 Å². The molecule has 0 saturated heterocycles. The number of rotatable bonds is 2. The molecule has 2 N–H and O–H groups in total. The van der Waals surface area contributed by atoms with Gasteiger partial charge in [-0.15, -0.1) is 0 Å². The Hall–Kier alpha value is -1.13. The Morgan fingerprint density at radius 2 is 2.27 bits per heavy atom. The minimum absolute atomic E-state index is 0.148. The zero-order valence-electron chi connectivity index (χ0n) is 6.15. The molecule has 1 heterocycles. The zero-order valence-corrected chi connectivity index (χ0v) is 6.15. The number of aliphatic hydroxyl groups is 2. The molecule has 4 heteroatoms. The molecule has 0 amide bonds. The van der Waals surface area contributed by atoms with Crippen molar-refractivity contribution in [2.45, 2.75) is 6.61 Å². The third kappa shape index (κ3) is 2.53. The van der Waals surface area contributed by atoms with Crippen LogP contribution in [0, 0.1) is 0 Å². The van der Waals surface area contributed by atoms with Crippen LogP contribution in [0.3, 0.4) is 0 Å². The Kier molecular flexibility index (Phi) is 5.06. The summed E-state index contributed by atoms with van der Waals surface area (Å²) in [5.74, 6) is 0.206. The Labute approximate surface area is 64.1 Å². The highest BCUT2D eigenvalue weighted by Gasteiger charge is 2.00. The van der Waals surface area contributed by atoms with E-state index in [1.807, 2.05) is 0 Å². The molecule has 0 unspecified atom stereocenters. The fourth-order valence-electron chi connectivity index (χ4n) is 0.581. The third-order valence-electron chi connectivity index (χ3n) is 1.06. The van der Waals surface area contributed by atoms with Crippen LogP contribution >= 0.6 is 0 Å². The molecule has 4 nitrogen and oxygen atoms in total. The van der Waals surface area contributed by atoms with Gasteiger partial charge in [-0.05, 0) is 6.07 Å². The summed E-state index contributed by atoms with van der Waals surface area (Å²) in [4.78, 5) is 10.0. The van der Waals surface area contributed by atoms with Crippen LogP contribution in [0.5, 0.6) is 0 Å². The summed E-state index contributed by atoms with van der Waals surface area (Å²) >= 11 is 0. The summed E-state index contributed by atoms with van der Waals surface area (Å²) in [7, 11) is 1.00. The van der Waals surface area contributed by atoms with Gasteiger partial charge in [0, 0.05) is 12.7 Å². The first kappa shape index (κ1) is 9.87. The van der Waals surface area contributed by atoms with Gasteiger partial charge in [0.2, 0.25) is 0 Å². The highest BCUT2D eigenvalue weighted by molar-refractivity contribution is 5.72. The van der Waals surface area contributed by atoms with Gasteiger partial charge in [0.05, 0.1) is 12.9 Å². The maximum absolute atomic E-state index is 10.0. The molecule has 0 radical (unpaired) electrons. The van der Waals surface area contributed by atoms with Gasteiger partial charge in [0.15, 0.2) is 12.0 Å². The molecule has 0 saturated carbocycles. The van der Waals surface area contributed by atoms with E-state index in [0.29, 0.717) is 11.8 Å². The summed E-state index contributed by atoms with van der Waals surface area (Å²) < 4.78 is 4.68. The number of aldehydes is 1. The smallest absolute Gasteiger partial charge is 0.185 e. The van der Waals surface area contributed by atoms with E-state index < -0.39 is 0 Å². The molecular weight excluding hydrogens is 148 g/mol. The van der Waals surface area contributed by atoms with Crippen LogP contribution in [-0.4, -0.2) is 23.6 Å². The van der Waals surface area contributed by atoms with E-state index in [2.05, 4.69) is 4.42 Å². The fraction of sp³-hybridized carbons (Fsp3) is 0.286. The molecule has 0 bridgehead atoms. The van der Waals surface area contributed by atoms with Crippen molar-refractivity contribution in [2.24, 2.45) is 0 Å². The van der Waals surface area contributed by atoms with Crippen molar-refractivity contribution in [3.05, 3.63) is 23.7 Å². The number of hydrogen-bond acceptors (Lipinski definition) is 4. The lowest BCUT2D eigenvalue weighted by atomic mass is 10.3. The van der Waals surface area contributed by atoms with Crippen molar-refractivity contribution >= 4 is 6.29 Å². The zero-order chi connectivity index (χ0) is 8.69. The van der Waals surface area contributed by atoms with Crippen molar-refractivity contribution in [1.29, 1.82) is 0 Å². The van der Waals surface area contributed by atoms with Crippen LogP contribution in [0.2, 0.25) is 0 Å². The summed E-state index contributed by atoms with van der Waals surface area (Å²) in [6.07, 6.45) is 1.95. The van der Waals surface area contributed by atoms with Gasteiger partial charge < -0.3 is 14.6 Å². The van der Waals surface area contributed by atoms with Crippen molar-refractivity contribution in [3.8, 4) is 0 Å². The molecule has 0 aliphatic rings. The minimum Gasteiger partial charge on any atom is -0.461 e. The predicted molar refractivity (Wildman–Crippen MR) is 38.2 cm³/mol. The van der Waals surface area contributed by atoms with Gasteiger partial charge in [-0.25, -0.2) is 0 Å². The van der Waals surface area contributed by atoms with Crippen LogP contribution < -0.4 is 0 Å². The van der Waals surface area contributed by atoms with Crippen molar-refractivity contribution in [3.63, 3.8) is 0 Å².